The van der Waals surface area contributed by atoms with Gasteiger partial charge in [-0.3, -0.25) is 4.84 Å². The fraction of sp³-hybridized carbons (Fsp3) is 0.667. The zero-order valence-electron chi connectivity index (χ0n) is 3.15. The Labute approximate surface area is 44.9 Å². The third-order valence-corrected chi connectivity index (χ3v) is 1.14. The van der Waals surface area contributed by atoms with Gasteiger partial charge in [-0.1, -0.05) is 15.9 Å². The van der Waals surface area contributed by atoms with Crippen LogP contribution in [-0.2, 0) is 4.84 Å². The lowest BCUT2D eigenvalue weighted by Gasteiger charge is -1.90. The highest BCUT2D eigenvalue weighted by Crippen LogP contribution is 2.11. The fourth-order valence-corrected chi connectivity index (χ4v) is 0.606. The van der Waals surface area contributed by atoms with E-state index in [2.05, 4.69) is 21.4 Å². The average molecular weight is 151 g/mol. The molecular formula is C3H5BrNO. The summed E-state index contributed by atoms with van der Waals surface area (Å²) in [5.74, 6) is 0. The zero-order chi connectivity index (χ0) is 4.41. The highest BCUT2D eigenvalue weighted by molar-refractivity contribution is 9.09. The lowest BCUT2D eigenvalue weighted by atomic mass is 10.5. The summed E-state index contributed by atoms with van der Waals surface area (Å²) in [5.41, 5.74) is 2.60. The van der Waals surface area contributed by atoms with Gasteiger partial charge in [-0.15, -0.1) is 0 Å². The van der Waals surface area contributed by atoms with Crippen LogP contribution in [0.25, 0.3) is 0 Å². The van der Waals surface area contributed by atoms with E-state index < -0.39 is 0 Å². The molecule has 6 heavy (non-hydrogen) atoms. The maximum atomic E-state index is 4.76. The van der Waals surface area contributed by atoms with Gasteiger partial charge in [0.25, 0.3) is 0 Å². The van der Waals surface area contributed by atoms with Gasteiger partial charge in [0.15, 0.2) is 0 Å². The Hall–Kier alpha value is 0.400. The Morgan fingerprint density at radius 1 is 2.00 bits per heavy atom. The standard InChI is InChI=1S/C3H5BrNO/c4-3-1-2-5-6-3/h2-3,5H,1H2. The molecule has 1 N–H and O–H groups in total. The van der Waals surface area contributed by atoms with Crippen molar-refractivity contribution in [1.82, 2.24) is 5.48 Å². The molecule has 0 amide bonds. The first-order valence-electron chi connectivity index (χ1n) is 1.76. The Kier molecular flexibility index (Phi) is 1.45. The van der Waals surface area contributed by atoms with E-state index in [9.17, 15) is 0 Å². The van der Waals surface area contributed by atoms with Crippen molar-refractivity contribution in [2.45, 2.75) is 11.4 Å². The van der Waals surface area contributed by atoms with Gasteiger partial charge >= 0.3 is 0 Å². The topological polar surface area (TPSA) is 21.3 Å². The molecule has 35 valence electrons. The summed E-state index contributed by atoms with van der Waals surface area (Å²) in [4.78, 5) is 4.76. The molecule has 0 spiro atoms. The van der Waals surface area contributed by atoms with E-state index in [1.54, 1.807) is 0 Å². The second-order valence-corrected chi connectivity index (χ2v) is 2.11. The van der Waals surface area contributed by atoms with Crippen molar-refractivity contribution in [3.63, 3.8) is 0 Å². The predicted molar refractivity (Wildman–Crippen MR) is 25.9 cm³/mol. The number of hydrogen-bond acceptors (Lipinski definition) is 2. The quantitative estimate of drug-likeness (QED) is 0.517. The Morgan fingerprint density at radius 2 is 2.83 bits per heavy atom. The fourth-order valence-electron chi connectivity index (χ4n) is 0.311. The van der Waals surface area contributed by atoms with Crippen LogP contribution in [0.1, 0.15) is 6.42 Å². The number of nitrogens with one attached hydrogen (secondary N) is 1. The molecule has 0 aromatic heterocycles. The summed E-state index contributed by atoms with van der Waals surface area (Å²) in [6, 6.07) is 0. The van der Waals surface area contributed by atoms with Crippen LogP contribution in [0.4, 0.5) is 0 Å². The lowest BCUT2D eigenvalue weighted by Crippen LogP contribution is -2.00. The van der Waals surface area contributed by atoms with Crippen molar-refractivity contribution in [2.75, 3.05) is 0 Å². The molecule has 1 radical (unpaired) electrons. The maximum absolute atomic E-state index is 4.76. The summed E-state index contributed by atoms with van der Waals surface area (Å²) in [7, 11) is 0. The van der Waals surface area contributed by atoms with Crippen LogP contribution in [0.2, 0.25) is 0 Å². The van der Waals surface area contributed by atoms with Crippen LogP contribution < -0.4 is 5.48 Å². The third-order valence-electron chi connectivity index (χ3n) is 0.582. The van der Waals surface area contributed by atoms with Gasteiger partial charge in [0.1, 0.15) is 5.01 Å². The van der Waals surface area contributed by atoms with Gasteiger partial charge < -0.3 is 0 Å². The Bertz CT molecular complexity index is 44.1. The summed E-state index contributed by atoms with van der Waals surface area (Å²) in [5, 5.41) is 0.192. The van der Waals surface area contributed by atoms with Crippen molar-refractivity contribution in [3.05, 3.63) is 6.54 Å². The average Bonchev–Trinajstić information content (AvgIpc) is 1.86. The van der Waals surface area contributed by atoms with E-state index in [-0.39, 0.29) is 5.01 Å². The SMILES string of the molecule is BrC1C[CH]NO1. The molecule has 1 aliphatic rings. The molecule has 0 aliphatic carbocycles. The molecule has 0 aromatic carbocycles. The van der Waals surface area contributed by atoms with Crippen molar-refractivity contribution in [3.8, 4) is 0 Å². The minimum Gasteiger partial charge on any atom is -0.287 e. The van der Waals surface area contributed by atoms with Gasteiger partial charge in [-0.05, 0) is 0 Å². The third kappa shape index (κ3) is 0.929. The molecule has 0 bridgehead atoms. The number of hydroxylamine groups is 1. The number of alkyl halides is 1. The van der Waals surface area contributed by atoms with E-state index in [4.69, 9.17) is 4.84 Å². The molecular weight excluding hydrogens is 146 g/mol. The number of hydrogen-bond donors (Lipinski definition) is 1. The van der Waals surface area contributed by atoms with Gasteiger partial charge in [-0.25, -0.2) is 0 Å². The van der Waals surface area contributed by atoms with E-state index >= 15 is 0 Å². The molecule has 1 heterocycles. The van der Waals surface area contributed by atoms with Gasteiger partial charge in [0, 0.05) is 6.42 Å². The second-order valence-electron chi connectivity index (χ2n) is 1.09. The van der Waals surface area contributed by atoms with Crippen LogP contribution in [0.5, 0.6) is 0 Å². The summed E-state index contributed by atoms with van der Waals surface area (Å²) in [6.07, 6.45) is 0.944. The van der Waals surface area contributed by atoms with Gasteiger partial charge in [0.05, 0.1) is 6.54 Å². The number of rotatable bonds is 0. The Morgan fingerprint density at radius 3 is 3.00 bits per heavy atom. The molecule has 1 aliphatic heterocycles. The molecule has 1 fully saturated rings. The molecule has 1 saturated heterocycles. The first-order chi connectivity index (χ1) is 2.89. The van der Waals surface area contributed by atoms with E-state index in [1.165, 1.54) is 0 Å². The Balaban J connectivity index is 2.18. The summed E-state index contributed by atoms with van der Waals surface area (Å²) in [6.45, 7) is 1.86. The highest BCUT2D eigenvalue weighted by atomic mass is 79.9. The van der Waals surface area contributed by atoms with Crippen LogP contribution in [0.3, 0.4) is 0 Å². The van der Waals surface area contributed by atoms with Crippen LogP contribution in [0, 0.1) is 6.54 Å². The van der Waals surface area contributed by atoms with E-state index in [1.807, 2.05) is 6.54 Å². The van der Waals surface area contributed by atoms with Crippen molar-refractivity contribution in [2.24, 2.45) is 0 Å². The first kappa shape index (κ1) is 4.56. The van der Waals surface area contributed by atoms with Crippen LogP contribution in [-0.4, -0.2) is 5.01 Å². The van der Waals surface area contributed by atoms with E-state index in [0.29, 0.717) is 0 Å². The normalized spacial score (nSPS) is 34.5. The predicted octanol–water partition coefficient (Wildman–Crippen LogP) is 0.794. The molecule has 0 aromatic rings. The smallest absolute Gasteiger partial charge is 0.135 e. The maximum Gasteiger partial charge on any atom is 0.135 e. The monoisotopic (exact) mass is 150 g/mol. The lowest BCUT2D eigenvalue weighted by molar-refractivity contribution is 0.0936. The largest absolute Gasteiger partial charge is 0.287 e. The summed E-state index contributed by atoms with van der Waals surface area (Å²) < 4.78 is 0. The molecule has 1 unspecified atom stereocenters. The van der Waals surface area contributed by atoms with Gasteiger partial charge in [-0.2, -0.15) is 5.48 Å². The van der Waals surface area contributed by atoms with Crippen LogP contribution in [0.15, 0.2) is 0 Å². The second kappa shape index (κ2) is 1.91. The molecule has 2 nitrogen and oxygen atoms in total. The highest BCUT2D eigenvalue weighted by Gasteiger charge is 2.09. The van der Waals surface area contributed by atoms with Crippen molar-refractivity contribution in [1.29, 1.82) is 0 Å². The van der Waals surface area contributed by atoms with Crippen molar-refractivity contribution < 1.29 is 4.84 Å². The molecule has 1 atom stereocenters. The van der Waals surface area contributed by atoms with E-state index in [0.717, 1.165) is 6.42 Å². The van der Waals surface area contributed by atoms with Gasteiger partial charge in [0.2, 0.25) is 0 Å². The molecule has 0 saturated carbocycles. The number of halogens is 1. The summed E-state index contributed by atoms with van der Waals surface area (Å²) >= 11 is 3.22. The molecule has 3 heteroatoms. The first-order valence-corrected chi connectivity index (χ1v) is 2.68. The molecule has 1 rings (SSSR count). The van der Waals surface area contributed by atoms with Crippen LogP contribution >= 0.6 is 15.9 Å². The minimum atomic E-state index is 0.192. The van der Waals surface area contributed by atoms with Crippen molar-refractivity contribution >= 4 is 15.9 Å². The zero-order valence-corrected chi connectivity index (χ0v) is 4.73. The minimum absolute atomic E-state index is 0.192.